The number of aromatic nitrogens is 2. The van der Waals surface area contributed by atoms with E-state index in [0.717, 1.165) is 22.3 Å². The summed E-state index contributed by atoms with van der Waals surface area (Å²) in [7, 11) is 0. The van der Waals surface area contributed by atoms with Gasteiger partial charge in [0.25, 0.3) is 0 Å². The number of rotatable bonds is 3. The minimum Gasteiger partial charge on any atom is -0.444 e. The third-order valence-electron chi connectivity index (χ3n) is 3.00. The van der Waals surface area contributed by atoms with Gasteiger partial charge < -0.3 is 10.1 Å². The third-order valence-corrected chi connectivity index (χ3v) is 3.00. The molecule has 0 aliphatic rings. The highest BCUT2D eigenvalue weighted by molar-refractivity contribution is 5.68. The van der Waals surface area contributed by atoms with Crippen LogP contribution in [0.25, 0.3) is 11.1 Å². The molecule has 0 saturated carbocycles. The van der Waals surface area contributed by atoms with E-state index in [9.17, 15) is 4.79 Å². The van der Waals surface area contributed by atoms with E-state index in [1.54, 1.807) is 6.20 Å². The van der Waals surface area contributed by atoms with Gasteiger partial charge in [-0.2, -0.15) is 5.10 Å². The Labute approximate surface area is 124 Å². The Balaban J connectivity index is 2.06. The SMILES string of the molecule is Cc1ccc(-c2cn[nH]c2)cc1CNC(=O)OC(C)(C)C. The van der Waals surface area contributed by atoms with Crippen LogP contribution in [0.1, 0.15) is 31.9 Å². The van der Waals surface area contributed by atoms with Gasteiger partial charge in [-0.15, -0.1) is 0 Å². The lowest BCUT2D eigenvalue weighted by Gasteiger charge is -2.20. The van der Waals surface area contributed by atoms with Crippen molar-refractivity contribution in [3.05, 3.63) is 41.7 Å². The van der Waals surface area contributed by atoms with Crippen molar-refractivity contribution < 1.29 is 9.53 Å². The summed E-state index contributed by atoms with van der Waals surface area (Å²) in [6.45, 7) is 7.99. The Morgan fingerprint density at radius 1 is 1.33 bits per heavy atom. The van der Waals surface area contributed by atoms with Crippen molar-refractivity contribution in [3.63, 3.8) is 0 Å². The predicted molar refractivity (Wildman–Crippen MR) is 81.8 cm³/mol. The number of aromatic amines is 1. The van der Waals surface area contributed by atoms with E-state index in [1.807, 2.05) is 46.0 Å². The van der Waals surface area contributed by atoms with Crippen LogP contribution in [0.5, 0.6) is 0 Å². The van der Waals surface area contributed by atoms with Gasteiger partial charge in [-0.1, -0.05) is 12.1 Å². The van der Waals surface area contributed by atoms with Crippen LogP contribution in [0.4, 0.5) is 4.79 Å². The Morgan fingerprint density at radius 3 is 2.71 bits per heavy atom. The minimum atomic E-state index is -0.488. The van der Waals surface area contributed by atoms with Gasteiger partial charge >= 0.3 is 6.09 Å². The molecule has 0 aliphatic heterocycles. The first-order valence-corrected chi connectivity index (χ1v) is 6.91. The second-order valence-corrected chi connectivity index (χ2v) is 5.98. The molecule has 1 aromatic carbocycles. The largest absolute Gasteiger partial charge is 0.444 e. The first-order valence-electron chi connectivity index (χ1n) is 6.91. The molecule has 5 nitrogen and oxygen atoms in total. The van der Waals surface area contributed by atoms with Gasteiger partial charge in [0.2, 0.25) is 0 Å². The first kappa shape index (κ1) is 15.1. The zero-order chi connectivity index (χ0) is 15.5. The maximum atomic E-state index is 11.7. The fourth-order valence-electron chi connectivity index (χ4n) is 1.93. The molecular weight excluding hydrogens is 266 g/mol. The van der Waals surface area contributed by atoms with E-state index in [0.29, 0.717) is 6.54 Å². The Bertz CT molecular complexity index is 613. The van der Waals surface area contributed by atoms with Crippen LogP contribution in [-0.4, -0.2) is 21.9 Å². The topological polar surface area (TPSA) is 67.0 Å². The second-order valence-electron chi connectivity index (χ2n) is 5.98. The van der Waals surface area contributed by atoms with E-state index in [2.05, 4.69) is 21.6 Å². The lowest BCUT2D eigenvalue weighted by atomic mass is 10.0. The molecule has 21 heavy (non-hydrogen) atoms. The van der Waals surface area contributed by atoms with Gasteiger partial charge in [-0.05, 0) is 50.5 Å². The number of hydrogen-bond donors (Lipinski definition) is 2. The van der Waals surface area contributed by atoms with Crippen molar-refractivity contribution in [3.8, 4) is 11.1 Å². The van der Waals surface area contributed by atoms with Crippen molar-refractivity contribution in [2.45, 2.75) is 39.8 Å². The second kappa shape index (κ2) is 5.99. The Morgan fingerprint density at radius 2 is 2.10 bits per heavy atom. The molecular formula is C16H21N3O2. The van der Waals surface area contributed by atoms with E-state index in [1.165, 1.54) is 0 Å². The molecule has 0 aliphatic carbocycles. The molecule has 112 valence electrons. The van der Waals surface area contributed by atoms with Gasteiger partial charge in [0.1, 0.15) is 5.60 Å². The molecule has 2 N–H and O–H groups in total. The van der Waals surface area contributed by atoms with Crippen molar-refractivity contribution in [2.24, 2.45) is 0 Å². The van der Waals surface area contributed by atoms with Crippen molar-refractivity contribution >= 4 is 6.09 Å². The Kier molecular flexibility index (Phi) is 4.31. The van der Waals surface area contributed by atoms with Crippen LogP contribution in [0.3, 0.4) is 0 Å². The highest BCUT2D eigenvalue weighted by atomic mass is 16.6. The molecule has 0 unspecified atom stereocenters. The van der Waals surface area contributed by atoms with Gasteiger partial charge in [-0.3, -0.25) is 5.10 Å². The number of alkyl carbamates (subject to hydrolysis) is 1. The summed E-state index contributed by atoms with van der Waals surface area (Å²) >= 11 is 0. The van der Waals surface area contributed by atoms with E-state index in [-0.39, 0.29) is 0 Å². The quantitative estimate of drug-likeness (QED) is 0.909. The molecule has 0 bridgehead atoms. The molecule has 2 aromatic rings. The van der Waals surface area contributed by atoms with Crippen molar-refractivity contribution in [1.29, 1.82) is 0 Å². The van der Waals surface area contributed by atoms with Crippen molar-refractivity contribution in [2.75, 3.05) is 0 Å². The monoisotopic (exact) mass is 287 g/mol. The third kappa shape index (κ3) is 4.34. The highest BCUT2D eigenvalue weighted by Crippen LogP contribution is 2.21. The number of carbonyl (C=O) groups is 1. The standard InChI is InChI=1S/C16H21N3O2/c1-11-5-6-12(14-9-18-19-10-14)7-13(11)8-17-15(20)21-16(2,3)4/h5-7,9-10H,8H2,1-4H3,(H,17,20)(H,18,19). The van der Waals surface area contributed by atoms with Gasteiger partial charge in [0, 0.05) is 18.3 Å². The van der Waals surface area contributed by atoms with Crippen LogP contribution >= 0.6 is 0 Å². The van der Waals surface area contributed by atoms with Crippen LogP contribution in [-0.2, 0) is 11.3 Å². The smallest absolute Gasteiger partial charge is 0.407 e. The average molecular weight is 287 g/mol. The summed E-state index contributed by atoms with van der Waals surface area (Å²) in [4.78, 5) is 11.7. The average Bonchev–Trinajstić information content (AvgIpc) is 2.89. The predicted octanol–water partition coefficient (Wildman–Crippen LogP) is 3.41. The van der Waals surface area contributed by atoms with E-state index < -0.39 is 11.7 Å². The van der Waals surface area contributed by atoms with Crippen LogP contribution in [0.15, 0.2) is 30.6 Å². The summed E-state index contributed by atoms with van der Waals surface area (Å²) < 4.78 is 5.24. The number of ether oxygens (including phenoxy) is 1. The molecule has 0 fully saturated rings. The minimum absolute atomic E-state index is 0.407. The number of nitrogens with one attached hydrogen (secondary N) is 2. The molecule has 0 radical (unpaired) electrons. The number of amides is 1. The maximum absolute atomic E-state index is 11.7. The zero-order valence-electron chi connectivity index (χ0n) is 12.9. The molecule has 1 amide bonds. The molecule has 1 heterocycles. The lowest BCUT2D eigenvalue weighted by molar-refractivity contribution is 0.0523. The summed E-state index contributed by atoms with van der Waals surface area (Å²) in [5.41, 5.74) is 3.78. The normalized spacial score (nSPS) is 11.2. The molecule has 0 spiro atoms. The van der Waals surface area contributed by atoms with Crippen molar-refractivity contribution in [1.82, 2.24) is 15.5 Å². The van der Waals surface area contributed by atoms with E-state index >= 15 is 0 Å². The molecule has 2 rings (SSSR count). The van der Waals surface area contributed by atoms with Crippen LogP contribution in [0.2, 0.25) is 0 Å². The summed E-state index contributed by atoms with van der Waals surface area (Å²) in [6, 6.07) is 6.13. The zero-order valence-corrected chi connectivity index (χ0v) is 12.9. The summed E-state index contributed by atoms with van der Waals surface area (Å²) in [5, 5.41) is 9.53. The van der Waals surface area contributed by atoms with Crippen LogP contribution < -0.4 is 5.32 Å². The summed E-state index contributed by atoms with van der Waals surface area (Å²) in [5.74, 6) is 0. The Hall–Kier alpha value is -2.30. The van der Waals surface area contributed by atoms with Gasteiger partial charge in [-0.25, -0.2) is 4.79 Å². The van der Waals surface area contributed by atoms with Gasteiger partial charge in [0.05, 0.1) is 6.20 Å². The number of carbonyl (C=O) groups excluding carboxylic acids is 1. The molecule has 1 aromatic heterocycles. The summed E-state index contributed by atoms with van der Waals surface area (Å²) in [6.07, 6.45) is 3.21. The highest BCUT2D eigenvalue weighted by Gasteiger charge is 2.16. The number of nitrogens with zero attached hydrogens (tertiary/aromatic N) is 1. The molecule has 5 heteroatoms. The number of benzene rings is 1. The number of H-pyrrole nitrogens is 1. The fourth-order valence-corrected chi connectivity index (χ4v) is 1.93. The van der Waals surface area contributed by atoms with E-state index in [4.69, 9.17) is 4.74 Å². The molecule has 0 atom stereocenters. The first-order chi connectivity index (χ1) is 9.85. The van der Waals surface area contributed by atoms with Gasteiger partial charge in [0.15, 0.2) is 0 Å². The number of aryl methyl sites for hydroxylation is 1. The van der Waals surface area contributed by atoms with Crippen LogP contribution in [0, 0.1) is 6.92 Å². The number of hydrogen-bond acceptors (Lipinski definition) is 3. The fraction of sp³-hybridized carbons (Fsp3) is 0.375. The maximum Gasteiger partial charge on any atom is 0.407 e. The lowest BCUT2D eigenvalue weighted by Crippen LogP contribution is -2.32. The molecule has 0 saturated heterocycles.